The number of fused-ring (bicyclic) bond motifs is 2. The number of carbonyl (C=O) groups is 3. The Hall–Kier alpha value is -1.80. The standard InChI is InChI=1S/C26H39N3O4S/c1-4-5-15-28-16-11-13-26-20(19-22(31)27(3)14-10-12-25(19,2)34-26)23(32)29(21(26)24(28)33)17-8-6-7-9-18-30/h10-13,19-21,30H,4-9,14-18H2,1-3H3/t19-,20-,21?,25+,26-/m0/s1. The summed E-state index contributed by atoms with van der Waals surface area (Å²) in [6.07, 6.45) is 13.5. The molecule has 3 amide bonds. The molecule has 1 unspecified atom stereocenters. The van der Waals surface area contributed by atoms with Gasteiger partial charge in [-0.1, -0.05) is 50.5 Å². The molecule has 4 heterocycles. The van der Waals surface area contributed by atoms with Crippen molar-refractivity contribution in [2.75, 3.05) is 39.8 Å². The number of likely N-dealkylation sites (tertiary alicyclic amines) is 1. The van der Waals surface area contributed by atoms with E-state index in [1.54, 1.807) is 28.6 Å². The van der Waals surface area contributed by atoms with Crippen LogP contribution in [0, 0.1) is 11.8 Å². The van der Waals surface area contributed by atoms with Gasteiger partial charge in [-0.3, -0.25) is 14.4 Å². The van der Waals surface area contributed by atoms with Gasteiger partial charge in [0, 0.05) is 44.6 Å². The van der Waals surface area contributed by atoms with E-state index in [4.69, 9.17) is 5.11 Å². The Balaban J connectivity index is 1.73. The quantitative estimate of drug-likeness (QED) is 0.398. The van der Waals surface area contributed by atoms with Gasteiger partial charge in [0.1, 0.15) is 6.04 Å². The zero-order valence-electron chi connectivity index (χ0n) is 20.7. The molecular weight excluding hydrogens is 450 g/mol. The van der Waals surface area contributed by atoms with Gasteiger partial charge in [-0.05, 0) is 26.2 Å². The number of carbonyl (C=O) groups excluding carboxylic acids is 3. The van der Waals surface area contributed by atoms with E-state index in [1.807, 2.05) is 11.0 Å². The predicted octanol–water partition coefficient (Wildman–Crippen LogP) is 2.45. The highest BCUT2D eigenvalue weighted by atomic mass is 32.2. The molecular formula is C26H39N3O4S. The number of amides is 3. The molecule has 0 aliphatic carbocycles. The SMILES string of the molecule is CCCCN1CC=C[C@]23S[C@]4(C)C=CCN(C)C(=O)[C@@H]4[C@H]2C(=O)N(CCCCCCO)C3C1=O. The van der Waals surface area contributed by atoms with E-state index in [0.29, 0.717) is 26.2 Å². The van der Waals surface area contributed by atoms with Crippen molar-refractivity contribution >= 4 is 29.5 Å². The third-order valence-corrected chi connectivity index (χ3v) is 9.73. The largest absolute Gasteiger partial charge is 0.396 e. The number of aliphatic hydroxyl groups is 1. The average molecular weight is 490 g/mol. The molecule has 0 aromatic rings. The topological polar surface area (TPSA) is 81.2 Å². The molecule has 8 heteroatoms. The highest BCUT2D eigenvalue weighted by Gasteiger charge is 2.73. The minimum Gasteiger partial charge on any atom is -0.396 e. The number of aliphatic hydroxyl groups excluding tert-OH is 1. The van der Waals surface area contributed by atoms with Crippen molar-refractivity contribution in [2.45, 2.75) is 67.9 Å². The summed E-state index contributed by atoms with van der Waals surface area (Å²) < 4.78 is -1.27. The van der Waals surface area contributed by atoms with Crippen molar-refractivity contribution in [1.82, 2.24) is 14.7 Å². The van der Waals surface area contributed by atoms with Crippen LogP contribution in [0.3, 0.4) is 0 Å². The van der Waals surface area contributed by atoms with E-state index in [2.05, 4.69) is 32.1 Å². The van der Waals surface area contributed by atoms with E-state index >= 15 is 0 Å². The van der Waals surface area contributed by atoms with Crippen LogP contribution in [0.25, 0.3) is 0 Å². The van der Waals surface area contributed by atoms with Gasteiger partial charge in [-0.2, -0.15) is 0 Å². The lowest BCUT2D eigenvalue weighted by molar-refractivity contribution is -0.144. The maximum absolute atomic E-state index is 14.1. The average Bonchev–Trinajstić information content (AvgIpc) is 3.08. The first-order valence-corrected chi connectivity index (χ1v) is 13.6. The first-order valence-electron chi connectivity index (χ1n) is 12.8. The van der Waals surface area contributed by atoms with Crippen LogP contribution < -0.4 is 0 Å². The molecule has 2 fully saturated rings. The van der Waals surface area contributed by atoms with Gasteiger partial charge in [0.25, 0.3) is 0 Å². The van der Waals surface area contributed by atoms with Gasteiger partial charge in [0.2, 0.25) is 17.7 Å². The monoisotopic (exact) mass is 489 g/mol. The highest BCUT2D eigenvalue weighted by Crippen LogP contribution is 2.65. The number of nitrogens with zero attached hydrogens (tertiary/aromatic N) is 3. The highest BCUT2D eigenvalue weighted by molar-refractivity contribution is 8.02. The number of likely N-dealkylation sites (N-methyl/N-ethyl adjacent to an activating group) is 1. The van der Waals surface area contributed by atoms with Crippen LogP contribution in [0.5, 0.6) is 0 Å². The van der Waals surface area contributed by atoms with Gasteiger partial charge in [0.15, 0.2) is 0 Å². The van der Waals surface area contributed by atoms with Gasteiger partial charge >= 0.3 is 0 Å². The lowest BCUT2D eigenvalue weighted by Crippen LogP contribution is -2.53. The van der Waals surface area contributed by atoms with Crippen LogP contribution in [0.2, 0.25) is 0 Å². The molecule has 0 aromatic heterocycles. The van der Waals surface area contributed by atoms with E-state index in [-0.39, 0.29) is 24.3 Å². The summed E-state index contributed by atoms with van der Waals surface area (Å²) in [4.78, 5) is 47.1. The lowest BCUT2D eigenvalue weighted by atomic mass is 9.74. The summed E-state index contributed by atoms with van der Waals surface area (Å²) in [5.41, 5.74) is 0. The van der Waals surface area contributed by atoms with Crippen LogP contribution in [-0.4, -0.2) is 92.9 Å². The molecule has 4 rings (SSSR count). The Morgan fingerprint density at radius 2 is 1.68 bits per heavy atom. The molecule has 4 aliphatic rings. The van der Waals surface area contributed by atoms with Crippen LogP contribution >= 0.6 is 11.8 Å². The van der Waals surface area contributed by atoms with E-state index in [1.165, 1.54) is 0 Å². The number of hydrogen-bond acceptors (Lipinski definition) is 5. The molecule has 0 radical (unpaired) electrons. The molecule has 5 atom stereocenters. The minimum atomic E-state index is -0.738. The lowest BCUT2D eigenvalue weighted by Gasteiger charge is -2.37. The van der Waals surface area contributed by atoms with Gasteiger partial charge < -0.3 is 19.8 Å². The van der Waals surface area contributed by atoms with Crippen LogP contribution in [-0.2, 0) is 14.4 Å². The van der Waals surface area contributed by atoms with Crippen molar-refractivity contribution in [2.24, 2.45) is 11.8 Å². The second-order valence-electron chi connectivity index (χ2n) is 10.3. The van der Waals surface area contributed by atoms with Crippen LogP contribution in [0.1, 0.15) is 52.4 Å². The Kier molecular flexibility index (Phi) is 7.48. The summed E-state index contributed by atoms with van der Waals surface area (Å²) in [5, 5.41) is 9.08. The fraction of sp³-hybridized carbons (Fsp3) is 0.731. The second kappa shape index (κ2) is 10.1. The van der Waals surface area contributed by atoms with E-state index < -0.39 is 27.4 Å². The number of thioether (sulfide) groups is 1. The Labute approximate surface area is 207 Å². The molecule has 1 N–H and O–H groups in total. The van der Waals surface area contributed by atoms with Crippen molar-refractivity contribution in [1.29, 1.82) is 0 Å². The molecule has 0 bridgehead atoms. The summed E-state index contributed by atoms with van der Waals surface area (Å²) in [7, 11) is 1.80. The summed E-state index contributed by atoms with van der Waals surface area (Å²) in [6, 6.07) is -0.585. The molecule has 34 heavy (non-hydrogen) atoms. The fourth-order valence-electron chi connectivity index (χ4n) is 6.23. The first-order chi connectivity index (χ1) is 16.3. The fourth-order valence-corrected chi connectivity index (χ4v) is 8.39. The molecule has 188 valence electrons. The van der Waals surface area contributed by atoms with Crippen molar-refractivity contribution in [3.63, 3.8) is 0 Å². The predicted molar refractivity (Wildman–Crippen MR) is 134 cm³/mol. The molecule has 0 saturated carbocycles. The summed E-state index contributed by atoms with van der Waals surface area (Å²) in [5.74, 6) is -1.08. The van der Waals surface area contributed by atoms with E-state index in [9.17, 15) is 14.4 Å². The number of unbranched alkanes of at least 4 members (excludes halogenated alkanes) is 4. The van der Waals surface area contributed by atoms with E-state index in [0.717, 1.165) is 38.5 Å². The number of hydrogen-bond donors (Lipinski definition) is 1. The molecule has 4 aliphatic heterocycles. The van der Waals surface area contributed by atoms with Gasteiger partial charge in [-0.25, -0.2) is 0 Å². The normalized spacial score (nSPS) is 34.9. The molecule has 1 spiro atoms. The zero-order valence-corrected chi connectivity index (χ0v) is 21.6. The Bertz CT molecular complexity index is 876. The smallest absolute Gasteiger partial charge is 0.247 e. The van der Waals surface area contributed by atoms with Gasteiger partial charge in [0.05, 0.1) is 16.6 Å². The third-order valence-electron chi connectivity index (χ3n) is 7.93. The Morgan fingerprint density at radius 1 is 0.941 bits per heavy atom. The minimum absolute atomic E-state index is 0.00768. The van der Waals surface area contributed by atoms with Crippen molar-refractivity contribution < 1.29 is 19.5 Å². The maximum atomic E-state index is 14.1. The van der Waals surface area contributed by atoms with Gasteiger partial charge in [-0.15, -0.1) is 11.8 Å². The second-order valence-corrected chi connectivity index (χ2v) is 12.1. The number of rotatable bonds is 9. The Morgan fingerprint density at radius 3 is 2.41 bits per heavy atom. The molecule has 0 aromatic carbocycles. The first kappa shape index (κ1) is 25.3. The molecule has 2 saturated heterocycles. The van der Waals surface area contributed by atoms with Crippen LogP contribution in [0.15, 0.2) is 24.3 Å². The maximum Gasteiger partial charge on any atom is 0.247 e. The summed E-state index contributed by atoms with van der Waals surface area (Å²) in [6.45, 7) is 6.63. The molecule has 7 nitrogen and oxygen atoms in total. The van der Waals surface area contributed by atoms with Crippen LogP contribution in [0.4, 0.5) is 0 Å². The third kappa shape index (κ3) is 4.11. The summed E-state index contributed by atoms with van der Waals surface area (Å²) >= 11 is 1.65. The van der Waals surface area contributed by atoms with Crippen molar-refractivity contribution in [3.8, 4) is 0 Å². The zero-order chi connectivity index (χ0) is 24.5. The van der Waals surface area contributed by atoms with Crippen molar-refractivity contribution in [3.05, 3.63) is 24.3 Å².